The number of aromatic nitrogens is 1. The molecule has 0 saturated carbocycles. The zero-order valence-electron chi connectivity index (χ0n) is 17.7. The van der Waals surface area contributed by atoms with Gasteiger partial charge in [-0.05, 0) is 48.0 Å². The zero-order chi connectivity index (χ0) is 23.0. The molecule has 1 atom stereocenters. The van der Waals surface area contributed by atoms with E-state index in [0.29, 0.717) is 22.1 Å². The molecule has 166 valence electrons. The number of methoxy groups -OCH3 is 1. The van der Waals surface area contributed by atoms with Crippen LogP contribution in [0.2, 0.25) is 0 Å². The molecule has 0 aliphatic heterocycles. The molecule has 2 N–H and O–H groups in total. The van der Waals surface area contributed by atoms with E-state index in [4.69, 9.17) is 4.74 Å². The molecule has 0 bridgehead atoms. The highest BCUT2D eigenvalue weighted by Crippen LogP contribution is 2.37. The van der Waals surface area contributed by atoms with E-state index in [-0.39, 0.29) is 11.8 Å². The first-order chi connectivity index (χ1) is 16.1. The molecule has 0 saturated heterocycles. The van der Waals surface area contributed by atoms with E-state index in [9.17, 15) is 9.59 Å². The number of carbonyl (C=O) groups is 2. The Bertz CT molecular complexity index is 1210. The predicted molar refractivity (Wildman–Crippen MR) is 133 cm³/mol. The smallest absolute Gasteiger partial charge is 0.255 e. The second-order valence-corrected chi connectivity index (χ2v) is 9.02. The molecule has 1 unspecified atom stereocenters. The van der Waals surface area contributed by atoms with Gasteiger partial charge >= 0.3 is 0 Å². The maximum atomic E-state index is 13.1. The molecule has 33 heavy (non-hydrogen) atoms. The molecule has 1 heterocycles. The van der Waals surface area contributed by atoms with Crippen LogP contribution in [0, 0.1) is 0 Å². The van der Waals surface area contributed by atoms with Gasteiger partial charge in [-0.2, -0.15) is 0 Å². The molecule has 0 fully saturated rings. The largest absolute Gasteiger partial charge is 0.497 e. The summed E-state index contributed by atoms with van der Waals surface area (Å²) in [5.41, 5.74) is 2.05. The summed E-state index contributed by atoms with van der Waals surface area (Å²) in [7, 11) is 1.58. The van der Waals surface area contributed by atoms with Crippen LogP contribution in [0.4, 0.5) is 10.8 Å². The van der Waals surface area contributed by atoms with Crippen LogP contribution < -0.4 is 15.4 Å². The van der Waals surface area contributed by atoms with E-state index in [2.05, 4.69) is 15.6 Å². The summed E-state index contributed by atoms with van der Waals surface area (Å²) in [6, 6.07) is 23.9. The Labute approximate surface area is 200 Å². The molecule has 3 aromatic carbocycles. The molecule has 0 radical (unpaired) electrons. The fourth-order valence-corrected chi connectivity index (χ4v) is 4.70. The van der Waals surface area contributed by atoms with Crippen LogP contribution in [0.25, 0.3) is 0 Å². The highest BCUT2D eigenvalue weighted by atomic mass is 32.2. The molecular formula is C25H21N3O3S2. The van der Waals surface area contributed by atoms with Gasteiger partial charge < -0.3 is 15.4 Å². The third-order valence-corrected chi connectivity index (χ3v) is 6.64. The summed E-state index contributed by atoms with van der Waals surface area (Å²) in [6.07, 6.45) is 1.65. The van der Waals surface area contributed by atoms with E-state index in [0.717, 1.165) is 10.5 Å². The first-order valence-electron chi connectivity index (χ1n) is 10.1. The Morgan fingerprint density at radius 1 is 0.970 bits per heavy atom. The van der Waals surface area contributed by atoms with E-state index < -0.39 is 5.25 Å². The van der Waals surface area contributed by atoms with Crippen molar-refractivity contribution < 1.29 is 14.3 Å². The molecule has 0 aliphatic carbocycles. The van der Waals surface area contributed by atoms with Crippen molar-refractivity contribution in [2.75, 3.05) is 17.7 Å². The van der Waals surface area contributed by atoms with Gasteiger partial charge in [0.2, 0.25) is 5.91 Å². The number of carbonyl (C=O) groups excluding carboxylic acids is 2. The summed E-state index contributed by atoms with van der Waals surface area (Å²) in [4.78, 5) is 30.7. The number of rotatable bonds is 8. The quantitative estimate of drug-likeness (QED) is 0.311. The summed E-state index contributed by atoms with van der Waals surface area (Å²) in [5, 5.41) is 7.69. The van der Waals surface area contributed by atoms with E-state index in [1.807, 2.05) is 60.0 Å². The fourth-order valence-electron chi connectivity index (χ4n) is 3.09. The number of thiazole rings is 1. The predicted octanol–water partition coefficient (Wildman–Crippen LogP) is 5.88. The van der Waals surface area contributed by atoms with Gasteiger partial charge in [-0.25, -0.2) is 4.98 Å². The number of thioether (sulfide) groups is 1. The van der Waals surface area contributed by atoms with Crippen molar-refractivity contribution in [2.24, 2.45) is 0 Å². The lowest BCUT2D eigenvalue weighted by Crippen LogP contribution is -2.19. The molecule has 0 spiro atoms. The average Bonchev–Trinajstić information content (AvgIpc) is 3.36. The zero-order valence-corrected chi connectivity index (χ0v) is 19.4. The summed E-state index contributed by atoms with van der Waals surface area (Å²) in [5.74, 6) is 0.308. The van der Waals surface area contributed by atoms with Crippen LogP contribution in [-0.2, 0) is 4.79 Å². The van der Waals surface area contributed by atoms with E-state index >= 15 is 0 Å². The lowest BCUT2D eigenvalue weighted by atomic mass is 10.1. The van der Waals surface area contributed by atoms with Crippen molar-refractivity contribution in [1.29, 1.82) is 0 Å². The lowest BCUT2D eigenvalue weighted by Gasteiger charge is -2.17. The lowest BCUT2D eigenvalue weighted by molar-refractivity contribution is -0.115. The Kier molecular flexibility index (Phi) is 7.39. The normalized spacial score (nSPS) is 11.4. The second-order valence-electron chi connectivity index (χ2n) is 6.95. The third kappa shape index (κ3) is 6.00. The Balaban J connectivity index is 1.51. The van der Waals surface area contributed by atoms with Crippen LogP contribution in [0.1, 0.15) is 21.2 Å². The molecule has 4 aromatic rings. The average molecular weight is 476 g/mol. The SMILES string of the molecule is COc1ccc(C(=O)Nc2cccc(SC(C(=O)Nc3nccs3)c3ccccc3)c2)cc1. The van der Waals surface area contributed by atoms with Crippen LogP contribution >= 0.6 is 23.1 Å². The fraction of sp³-hybridized carbons (Fsp3) is 0.0800. The van der Waals surface area contributed by atoms with Crippen molar-refractivity contribution in [3.63, 3.8) is 0 Å². The van der Waals surface area contributed by atoms with Crippen LogP contribution in [0.5, 0.6) is 5.75 Å². The first-order valence-corrected chi connectivity index (χ1v) is 11.9. The summed E-state index contributed by atoms with van der Waals surface area (Å²) in [6.45, 7) is 0. The number of benzene rings is 3. The van der Waals surface area contributed by atoms with Crippen molar-refractivity contribution in [2.45, 2.75) is 10.1 Å². The van der Waals surface area contributed by atoms with Gasteiger partial charge in [-0.15, -0.1) is 23.1 Å². The topological polar surface area (TPSA) is 80.3 Å². The van der Waals surface area contributed by atoms with Crippen molar-refractivity contribution in [3.05, 3.63) is 102 Å². The molecule has 6 nitrogen and oxygen atoms in total. The highest BCUT2D eigenvalue weighted by Gasteiger charge is 2.23. The minimum Gasteiger partial charge on any atom is -0.497 e. The van der Waals surface area contributed by atoms with Gasteiger partial charge in [0.15, 0.2) is 5.13 Å². The van der Waals surface area contributed by atoms with Gasteiger partial charge in [0, 0.05) is 27.7 Å². The Morgan fingerprint density at radius 2 is 1.76 bits per heavy atom. The molecular weight excluding hydrogens is 454 g/mol. The van der Waals surface area contributed by atoms with Gasteiger partial charge in [0.05, 0.1) is 7.11 Å². The Morgan fingerprint density at radius 3 is 2.45 bits per heavy atom. The molecule has 2 amide bonds. The van der Waals surface area contributed by atoms with E-state index in [1.165, 1.54) is 23.1 Å². The minimum atomic E-state index is -0.484. The van der Waals surface area contributed by atoms with Crippen LogP contribution in [0.15, 0.2) is 95.3 Å². The van der Waals surface area contributed by atoms with Crippen LogP contribution in [-0.4, -0.2) is 23.9 Å². The first kappa shape index (κ1) is 22.6. The number of hydrogen-bond acceptors (Lipinski definition) is 6. The number of anilines is 2. The number of nitrogens with one attached hydrogen (secondary N) is 2. The van der Waals surface area contributed by atoms with E-state index in [1.54, 1.807) is 37.6 Å². The molecule has 4 rings (SSSR count). The standard InChI is InChI=1S/C25H21N3O3S2/c1-31-20-12-10-18(11-13-20)23(29)27-19-8-5-9-21(16-19)33-22(17-6-3-2-4-7-17)24(30)28-25-26-14-15-32-25/h2-16,22H,1H3,(H,27,29)(H,26,28,30). The highest BCUT2D eigenvalue weighted by molar-refractivity contribution is 8.00. The van der Waals surface area contributed by atoms with Crippen LogP contribution in [0.3, 0.4) is 0 Å². The monoisotopic (exact) mass is 475 g/mol. The minimum absolute atomic E-state index is 0.158. The maximum absolute atomic E-state index is 13.1. The number of nitrogens with zero attached hydrogens (tertiary/aromatic N) is 1. The number of ether oxygens (including phenoxy) is 1. The number of hydrogen-bond donors (Lipinski definition) is 2. The molecule has 0 aliphatic rings. The molecule has 1 aromatic heterocycles. The van der Waals surface area contributed by atoms with Crippen molar-refractivity contribution in [1.82, 2.24) is 4.98 Å². The second kappa shape index (κ2) is 10.8. The van der Waals surface area contributed by atoms with Gasteiger partial charge in [-0.1, -0.05) is 36.4 Å². The Hall–Kier alpha value is -3.62. The van der Waals surface area contributed by atoms with Crippen molar-refractivity contribution >= 4 is 45.7 Å². The molecule has 8 heteroatoms. The maximum Gasteiger partial charge on any atom is 0.255 e. The van der Waals surface area contributed by atoms with Gasteiger partial charge in [0.1, 0.15) is 11.0 Å². The van der Waals surface area contributed by atoms with Crippen molar-refractivity contribution in [3.8, 4) is 5.75 Å². The van der Waals surface area contributed by atoms with Gasteiger partial charge in [0.25, 0.3) is 5.91 Å². The summed E-state index contributed by atoms with van der Waals surface area (Å²) >= 11 is 2.78. The summed E-state index contributed by atoms with van der Waals surface area (Å²) < 4.78 is 5.14. The van der Waals surface area contributed by atoms with Gasteiger partial charge in [-0.3, -0.25) is 9.59 Å². The number of amides is 2. The third-order valence-electron chi connectivity index (χ3n) is 4.70.